The Hall–Kier alpha value is -2.66. The number of aromatic nitrogens is 2. The van der Waals surface area contributed by atoms with Crippen molar-refractivity contribution in [1.29, 1.82) is 0 Å². The number of fused-ring (bicyclic) bond motifs is 1. The van der Waals surface area contributed by atoms with Gasteiger partial charge in [0.2, 0.25) is 11.8 Å². The van der Waals surface area contributed by atoms with Crippen molar-refractivity contribution in [3.8, 4) is 11.5 Å². The lowest BCUT2D eigenvalue weighted by Crippen LogP contribution is -2.44. The van der Waals surface area contributed by atoms with Crippen molar-refractivity contribution in [1.82, 2.24) is 15.1 Å². The molecule has 8 nitrogen and oxygen atoms in total. The highest BCUT2D eigenvalue weighted by Crippen LogP contribution is 2.36. The number of nitrogens with two attached hydrogens (primary N) is 1. The number of nitrogens with zero attached hydrogens (tertiary/aromatic N) is 4. The summed E-state index contributed by atoms with van der Waals surface area (Å²) in [6.07, 6.45) is 0. The average molecular weight is 520 g/mol. The Kier molecular flexibility index (Phi) is 7.10. The number of hydrogen-bond acceptors (Lipinski definition) is 7. The fourth-order valence-corrected chi connectivity index (χ4v) is 5.55. The second kappa shape index (κ2) is 9.77. The molecular formula is C24H27ClFN5O3S. The van der Waals surface area contributed by atoms with Crippen LogP contribution in [0.4, 0.5) is 10.1 Å². The molecule has 0 aliphatic carbocycles. The molecule has 0 saturated heterocycles. The maximum Gasteiger partial charge on any atom is 0.250 e. The van der Waals surface area contributed by atoms with Gasteiger partial charge in [-0.2, -0.15) is 0 Å². The number of anilines is 1. The van der Waals surface area contributed by atoms with Gasteiger partial charge < -0.3 is 20.0 Å². The molecule has 1 amide bonds. The van der Waals surface area contributed by atoms with Gasteiger partial charge in [-0.25, -0.2) is 4.39 Å². The molecular weight excluding hydrogens is 493 g/mol. The number of likely N-dealkylation sites (N-methyl/N-ethyl adjacent to an activating group) is 1. The molecule has 35 heavy (non-hydrogen) atoms. The molecule has 2 atom stereocenters. The van der Waals surface area contributed by atoms with Crippen molar-refractivity contribution in [2.45, 2.75) is 36.7 Å². The number of halogens is 2. The summed E-state index contributed by atoms with van der Waals surface area (Å²) in [6.45, 7) is 4.69. The highest BCUT2D eigenvalue weighted by atomic mass is 35.5. The summed E-state index contributed by atoms with van der Waals surface area (Å²) in [4.78, 5) is 16.8. The zero-order chi connectivity index (χ0) is 25.5. The highest BCUT2D eigenvalue weighted by Gasteiger charge is 2.34. The van der Waals surface area contributed by atoms with Crippen LogP contribution in [0.3, 0.4) is 0 Å². The molecule has 2 aromatic carbocycles. The normalized spacial score (nSPS) is 18.6. The zero-order valence-corrected chi connectivity index (χ0v) is 21.5. The summed E-state index contributed by atoms with van der Waals surface area (Å²) >= 11 is 5.99. The van der Waals surface area contributed by atoms with Crippen LogP contribution < -0.4 is 10.6 Å². The molecule has 4 rings (SSSR count). The summed E-state index contributed by atoms with van der Waals surface area (Å²) in [6, 6.07) is 8.59. The Bertz CT molecular complexity index is 1280. The maximum atomic E-state index is 15.3. The minimum Gasteiger partial charge on any atom is -0.420 e. The highest BCUT2D eigenvalue weighted by molar-refractivity contribution is 7.85. The smallest absolute Gasteiger partial charge is 0.250 e. The van der Waals surface area contributed by atoms with Gasteiger partial charge in [0.05, 0.1) is 50.7 Å². The summed E-state index contributed by atoms with van der Waals surface area (Å²) in [5, 5.41) is 8.77. The van der Waals surface area contributed by atoms with E-state index in [1.807, 2.05) is 32.8 Å². The van der Waals surface area contributed by atoms with Crippen LogP contribution in [-0.2, 0) is 27.6 Å². The molecule has 3 aromatic rings. The number of amides is 1. The maximum absolute atomic E-state index is 15.3. The average Bonchev–Trinajstić information content (AvgIpc) is 3.26. The van der Waals surface area contributed by atoms with E-state index in [4.69, 9.17) is 21.8 Å². The van der Waals surface area contributed by atoms with Crippen LogP contribution in [0.1, 0.15) is 25.3 Å². The van der Waals surface area contributed by atoms with Gasteiger partial charge in [-0.05, 0) is 57.8 Å². The van der Waals surface area contributed by atoms with E-state index < -0.39 is 34.0 Å². The SMILES string of the molecule is CN(C)CC(C)(C)c1nnc(-c2cc3c(cc2F)S(=O)C[C@H](N)C(=O)N3Cc2ccc(Cl)cc2)o1. The van der Waals surface area contributed by atoms with Crippen molar-refractivity contribution < 1.29 is 17.8 Å². The first-order valence-corrected chi connectivity index (χ1v) is 12.7. The van der Waals surface area contributed by atoms with Gasteiger partial charge in [0, 0.05) is 11.6 Å². The lowest BCUT2D eigenvalue weighted by atomic mass is 9.93. The van der Waals surface area contributed by atoms with E-state index in [1.54, 1.807) is 24.3 Å². The number of carbonyl (C=O) groups excluding carboxylic acids is 1. The summed E-state index contributed by atoms with van der Waals surface area (Å²) in [7, 11) is 2.19. The second-order valence-corrected chi connectivity index (χ2v) is 11.4. The van der Waals surface area contributed by atoms with Crippen molar-refractivity contribution in [3.05, 3.63) is 58.7 Å². The van der Waals surface area contributed by atoms with Gasteiger partial charge in [0.15, 0.2) is 0 Å². The molecule has 1 unspecified atom stereocenters. The van der Waals surface area contributed by atoms with Gasteiger partial charge in [-0.15, -0.1) is 10.2 Å². The van der Waals surface area contributed by atoms with Gasteiger partial charge in [-0.3, -0.25) is 9.00 Å². The predicted octanol–water partition coefficient (Wildman–Crippen LogP) is 3.35. The van der Waals surface area contributed by atoms with Gasteiger partial charge in [0.1, 0.15) is 5.82 Å². The predicted molar refractivity (Wildman–Crippen MR) is 133 cm³/mol. The molecule has 0 radical (unpaired) electrons. The van der Waals surface area contributed by atoms with Crippen molar-refractivity contribution >= 4 is 34.0 Å². The summed E-state index contributed by atoms with van der Waals surface area (Å²) in [5.41, 5.74) is 6.67. The minimum atomic E-state index is -1.68. The number of rotatable bonds is 6. The fraction of sp³-hybridized carbons (Fsp3) is 0.375. The number of benzene rings is 2. The van der Waals surface area contributed by atoms with Crippen molar-refractivity contribution in [2.75, 3.05) is 31.3 Å². The molecule has 0 fully saturated rings. The van der Waals surface area contributed by atoms with E-state index in [0.29, 0.717) is 23.1 Å². The molecule has 1 aliphatic heterocycles. The van der Waals surface area contributed by atoms with E-state index in [2.05, 4.69) is 10.2 Å². The van der Waals surface area contributed by atoms with E-state index in [1.165, 1.54) is 11.0 Å². The summed E-state index contributed by atoms with van der Waals surface area (Å²) < 4.78 is 34.1. The Balaban J connectivity index is 1.80. The van der Waals surface area contributed by atoms with Crippen LogP contribution in [0.15, 0.2) is 45.7 Å². The van der Waals surface area contributed by atoms with E-state index in [9.17, 15) is 9.00 Å². The first-order valence-electron chi connectivity index (χ1n) is 11.0. The van der Waals surface area contributed by atoms with Crippen LogP contribution in [0.5, 0.6) is 0 Å². The monoisotopic (exact) mass is 519 g/mol. The number of carbonyl (C=O) groups is 1. The molecule has 2 heterocycles. The Labute approximate surface area is 210 Å². The molecule has 1 aliphatic rings. The quantitative estimate of drug-likeness (QED) is 0.532. The fourth-order valence-electron chi connectivity index (χ4n) is 4.14. The van der Waals surface area contributed by atoms with E-state index in [0.717, 1.165) is 11.6 Å². The molecule has 0 saturated carbocycles. The zero-order valence-electron chi connectivity index (χ0n) is 19.9. The van der Waals surface area contributed by atoms with Crippen LogP contribution in [0.25, 0.3) is 11.5 Å². The van der Waals surface area contributed by atoms with Crippen LogP contribution in [-0.4, -0.2) is 57.6 Å². The third kappa shape index (κ3) is 5.30. The van der Waals surface area contributed by atoms with Gasteiger partial charge in [0.25, 0.3) is 5.89 Å². The Morgan fingerprint density at radius 3 is 2.60 bits per heavy atom. The Morgan fingerprint density at radius 1 is 1.26 bits per heavy atom. The first kappa shape index (κ1) is 25.4. The standard InChI is InChI=1S/C24H27ClFN5O3S/c1-24(2,13-30(3)4)23-29-28-21(34-23)16-9-19-20(10-17(16)26)35(33)12-18(27)22(32)31(19)11-14-5-7-15(25)8-6-14/h5-10,18H,11-13,27H2,1-4H3/t18-,35?/m0/s1. The third-order valence-electron chi connectivity index (χ3n) is 5.70. The van der Waals surface area contributed by atoms with E-state index >= 15 is 4.39 Å². The minimum absolute atomic E-state index is 0.0181. The molecule has 2 N–H and O–H groups in total. The largest absolute Gasteiger partial charge is 0.420 e. The molecule has 11 heteroatoms. The van der Waals surface area contributed by atoms with Crippen molar-refractivity contribution in [2.24, 2.45) is 5.73 Å². The Morgan fingerprint density at radius 2 is 1.94 bits per heavy atom. The van der Waals surface area contributed by atoms with Crippen LogP contribution in [0, 0.1) is 5.82 Å². The number of hydrogen-bond donors (Lipinski definition) is 1. The molecule has 0 bridgehead atoms. The molecule has 1 aromatic heterocycles. The van der Waals surface area contributed by atoms with Gasteiger partial charge in [-0.1, -0.05) is 23.7 Å². The topological polar surface area (TPSA) is 106 Å². The molecule has 186 valence electrons. The van der Waals surface area contributed by atoms with Crippen LogP contribution >= 0.6 is 11.6 Å². The van der Waals surface area contributed by atoms with Gasteiger partial charge >= 0.3 is 0 Å². The first-order chi connectivity index (χ1) is 16.5. The summed E-state index contributed by atoms with van der Waals surface area (Å²) in [5.74, 6) is -0.860. The van der Waals surface area contributed by atoms with E-state index in [-0.39, 0.29) is 28.6 Å². The molecule has 0 spiro atoms. The lowest BCUT2D eigenvalue weighted by molar-refractivity contribution is -0.119. The second-order valence-electron chi connectivity index (χ2n) is 9.50. The van der Waals surface area contributed by atoms with Crippen LogP contribution in [0.2, 0.25) is 5.02 Å². The lowest BCUT2D eigenvalue weighted by Gasteiger charge is -2.25. The third-order valence-corrected chi connectivity index (χ3v) is 7.43. The van der Waals surface area contributed by atoms with Crippen molar-refractivity contribution in [3.63, 3.8) is 0 Å².